The molecule has 1 aromatic carbocycles. The van der Waals surface area contributed by atoms with Crippen molar-refractivity contribution in [3.8, 4) is 0 Å². The number of aromatic carboxylic acids is 1. The zero-order valence-corrected chi connectivity index (χ0v) is 10.6. The number of hydrogen-bond donors (Lipinski definition) is 2. The number of aliphatic hydroxyl groups is 1. The van der Waals surface area contributed by atoms with Crippen LogP contribution in [0.15, 0.2) is 18.2 Å². The minimum absolute atomic E-state index is 0.0153. The maximum atomic E-state index is 11.9. The Kier molecular flexibility index (Phi) is 4.16. The molecule has 1 aliphatic rings. The Hall–Kier alpha value is -1.88. The van der Waals surface area contributed by atoms with Crippen molar-refractivity contribution in [2.24, 2.45) is 0 Å². The first-order chi connectivity index (χ1) is 9.13. The van der Waals surface area contributed by atoms with E-state index in [0.717, 1.165) is 30.5 Å². The molecule has 1 amide bonds. The number of anilines is 1. The molecular formula is C14H17NO4. The Morgan fingerprint density at radius 3 is 2.74 bits per heavy atom. The van der Waals surface area contributed by atoms with Gasteiger partial charge in [-0.3, -0.25) is 4.79 Å². The van der Waals surface area contributed by atoms with Crippen LogP contribution in [0.25, 0.3) is 0 Å². The van der Waals surface area contributed by atoms with Gasteiger partial charge in [0.1, 0.15) is 0 Å². The van der Waals surface area contributed by atoms with E-state index in [1.165, 1.54) is 6.07 Å². The van der Waals surface area contributed by atoms with E-state index in [0.29, 0.717) is 6.54 Å². The Bertz CT molecular complexity index is 498. The second-order valence-corrected chi connectivity index (χ2v) is 4.66. The first-order valence-corrected chi connectivity index (χ1v) is 6.41. The summed E-state index contributed by atoms with van der Waals surface area (Å²) in [5.74, 6) is -0.960. The Balaban J connectivity index is 2.09. The summed E-state index contributed by atoms with van der Waals surface area (Å²) in [5, 5.41) is 17.6. The van der Waals surface area contributed by atoms with E-state index in [-0.39, 0.29) is 24.5 Å². The predicted octanol–water partition coefficient (Wildman–Crippen LogP) is 1.44. The molecule has 0 atom stereocenters. The minimum Gasteiger partial charge on any atom is -0.478 e. The van der Waals surface area contributed by atoms with Crippen LogP contribution in [0.1, 0.15) is 35.2 Å². The highest BCUT2D eigenvalue weighted by molar-refractivity contribution is 6.02. The third-order valence-corrected chi connectivity index (χ3v) is 3.30. The van der Waals surface area contributed by atoms with Crippen molar-refractivity contribution in [3.63, 3.8) is 0 Å². The normalized spacial score (nSPS) is 13.7. The fraction of sp³-hybridized carbons (Fsp3) is 0.429. The molecule has 5 heteroatoms. The first-order valence-electron chi connectivity index (χ1n) is 6.41. The van der Waals surface area contributed by atoms with Gasteiger partial charge in [-0.05, 0) is 43.0 Å². The predicted molar refractivity (Wildman–Crippen MR) is 70.4 cm³/mol. The molecule has 2 rings (SSSR count). The summed E-state index contributed by atoms with van der Waals surface area (Å²) in [7, 11) is 0. The molecule has 5 nitrogen and oxygen atoms in total. The van der Waals surface area contributed by atoms with Crippen molar-refractivity contribution in [2.75, 3.05) is 18.1 Å². The summed E-state index contributed by atoms with van der Waals surface area (Å²) in [6, 6.07) is 4.81. The highest BCUT2D eigenvalue weighted by Gasteiger charge is 2.27. The number of nitrogens with zero attached hydrogens (tertiary/aromatic N) is 1. The number of carboxylic acids is 1. The van der Waals surface area contributed by atoms with Crippen LogP contribution < -0.4 is 4.90 Å². The van der Waals surface area contributed by atoms with Crippen molar-refractivity contribution in [1.82, 2.24) is 0 Å². The van der Waals surface area contributed by atoms with Gasteiger partial charge in [0.2, 0.25) is 5.91 Å². The van der Waals surface area contributed by atoms with Crippen LogP contribution in [0.3, 0.4) is 0 Å². The third kappa shape index (κ3) is 2.93. The lowest BCUT2D eigenvalue weighted by Gasteiger charge is -2.17. The van der Waals surface area contributed by atoms with Gasteiger partial charge < -0.3 is 15.1 Å². The van der Waals surface area contributed by atoms with Gasteiger partial charge in [-0.1, -0.05) is 0 Å². The topological polar surface area (TPSA) is 77.8 Å². The molecule has 0 spiro atoms. The van der Waals surface area contributed by atoms with Gasteiger partial charge in [0.25, 0.3) is 0 Å². The second kappa shape index (κ2) is 5.84. The van der Waals surface area contributed by atoms with Gasteiger partial charge in [-0.2, -0.15) is 0 Å². The Morgan fingerprint density at radius 1 is 1.26 bits per heavy atom. The number of rotatable bonds is 6. The van der Waals surface area contributed by atoms with E-state index in [2.05, 4.69) is 0 Å². The Morgan fingerprint density at radius 2 is 2.05 bits per heavy atom. The number of unbranched alkanes of at least 4 members (excludes halogenated alkanes) is 2. The number of hydrogen-bond acceptors (Lipinski definition) is 3. The average molecular weight is 263 g/mol. The molecule has 0 saturated carbocycles. The fourth-order valence-corrected chi connectivity index (χ4v) is 2.32. The van der Waals surface area contributed by atoms with E-state index >= 15 is 0 Å². The van der Waals surface area contributed by atoms with E-state index in [9.17, 15) is 9.59 Å². The van der Waals surface area contributed by atoms with E-state index in [4.69, 9.17) is 10.2 Å². The van der Waals surface area contributed by atoms with Crippen LogP contribution >= 0.6 is 0 Å². The molecule has 1 aromatic rings. The molecule has 0 aliphatic carbocycles. The molecule has 0 fully saturated rings. The molecule has 0 radical (unpaired) electrons. The van der Waals surface area contributed by atoms with Crippen molar-refractivity contribution >= 4 is 17.6 Å². The highest BCUT2D eigenvalue weighted by Crippen LogP contribution is 2.30. The second-order valence-electron chi connectivity index (χ2n) is 4.66. The van der Waals surface area contributed by atoms with Gasteiger partial charge in [-0.25, -0.2) is 4.79 Å². The van der Waals surface area contributed by atoms with Gasteiger partial charge in [0, 0.05) is 18.8 Å². The molecule has 2 N–H and O–H groups in total. The fourth-order valence-electron chi connectivity index (χ4n) is 2.32. The average Bonchev–Trinajstić information content (AvgIpc) is 2.69. The van der Waals surface area contributed by atoms with Crippen LogP contribution in [0.5, 0.6) is 0 Å². The Labute approximate surface area is 111 Å². The van der Waals surface area contributed by atoms with Crippen LogP contribution in [0.2, 0.25) is 0 Å². The van der Waals surface area contributed by atoms with Crippen LogP contribution in [0, 0.1) is 0 Å². The molecule has 0 saturated heterocycles. The number of benzene rings is 1. The molecule has 1 heterocycles. The van der Waals surface area contributed by atoms with Crippen molar-refractivity contribution < 1.29 is 19.8 Å². The standard InChI is InChI=1S/C14H17NO4/c16-7-3-1-2-6-15-12-5-4-10(14(18)19)8-11(12)9-13(15)17/h4-5,8,16H,1-3,6-7,9H2,(H,18,19). The van der Waals surface area contributed by atoms with Crippen molar-refractivity contribution in [1.29, 1.82) is 0 Å². The lowest BCUT2D eigenvalue weighted by Crippen LogP contribution is -2.27. The lowest BCUT2D eigenvalue weighted by atomic mass is 10.1. The summed E-state index contributed by atoms with van der Waals surface area (Å²) in [6.45, 7) is 0.796. The third-order valence-electron chi connectivity index (χ3n) is 3.30. The zero-order valence-electron chi connectivity index (χ0n) is 10.6. The van der Waals surface area contributed by atoms with Crippen molar-refractivity contribution in [2.45, 2.75) is 25.7 Å². The molecule has 0 bridgehead atoms. The highest BCUT2D eigenvalue weighted by atomic mass is 16.4. The SMILES string of the molecule is O=C(O)c1ccc2c(c1)CC(=O)N2CCCCCO. The van der Waals surface area contributed by atoms with Gasteiger partial charge >= 0.3 is 5.97 Å². The molecular weight excluding hydrogens is 246 g/mol. The summed E-state index contributed by atoms with van der Waals surface area (Å²) >= 11 is 0. The van der Waals surface area contributed by atoms with Gasteiger partial charge in [-0.15, -0.1) is 0 Å². The number of carboxylic acid groups (broad SMARTS) is 1. The summed E-state index contributed by atoms with van der Waals surface area (Å²) < 4.78 is 0. The first kappa shape index (κ1) is 13.5. The maximum absolute atomic E-state index is 11.9. The van der Waals surface area contributed by atoms with Crippen LogP contribution in [-0.2, 0) is 11.2 Å². The summed E-state index contributed by atoms with van der Waals surface area (Å²) in [5.41, 5.74) is 1.82. The molecule has 102 valence electrons. The van der Waals surface area contributed by atoms with E-state index in [1.807, 2.05) is 0 Å². The van der Waals surface area contributed by atoms with Gasteiger partial charge in [0.15, 0.2) is 0 Å². The molecule has 0 unspecified atom stereocenters. The number of aliphatic hydroxyl groups excluding tert-OH is 1. The van der Waals surface area contributed by atoms with E-state index in [1.54, 1.807) is 17.0 Å². The number of amides is 1. The zero-order chi connectivity index (χ0) is 13.8. The minimum atomic E-state index is -0.975. The van der Waals surface area contributed by atoms with Crippen molar-refractivity contribution in [3.05, 3.63) is 29.3 Å². The lowest BCUT2D eigenvalue weighted by molar-refractivity contribution is -0.117. The molecule has 19 heavy (non-hydrogen) atoms. The number of carbonyl (C=O) groups is 2. The summed E-state index contributed by atoms with van der Waals surface area (Å²) in [4.78, 5) is 24.5. The number of carbonyl (C=O) groups excluding carboxylic acids is 1. The maximum Gasteiger partial charge on any atom is 0.335 e. The quantitative estimate of drug-likeness (QED) is 0.761. The monoisotopic (exact) mass is 263 g/mol. The largest absolute Gasteiger partial charge is 0.478 e. The van der Waals surface area contributed by atoms with E-state index < -0.39 is 5.97 Å². The summed E-state index contributed by atoms with van der Waals surface area (Å²) in [6.07, 6.45) is 2.73. The van der Waals surface area contributed by atoms with Gasteiger partial charge in [0.05, 0.1) is 12.0 Å². The van der Waals surface area contributed by atoms with Crippen LogP contribution in [-0.4, -0.2) is 35.2 Å². The molecule has 0 aromatic heterocycles. The van der Waals surface area contributed by atoms with Crippen LogP contribution in [0.4, 0.5) is 5.69 Å². The number of fused-ring (bicyclic) bond motifs is 1. The molecule has 1 aliphatic heterocycles. The smallest absolute Gasteiger partial charge is 0.335 e.